The van der Waals surface area contributed by atoms with Gasteiger partial charge in [0.05, 0.1) is 18.8 Å². The summed E-state index contributed by atoms with van der Waals surface area (Å²) in [6.45, 7) is 0.610. The van der Waals surface area contributed by atoms with Gasteiger partial charge in [-0.15, -0.1) is 0 Å². The zero-order valence-electron chi connectivity index (χ0n) is 10.0. The topological polar surface area (TPSA) is 78.8 Å². The predicted octanol–water partition coefficient (Wildman–Crippen LogP) is 0.578. The number of ether oxygens (including phenoxy) is 1. The molecule has 0 aliphatic heterocycles. The first-order chi connectivity index (χ1) is 8.49. The van der Waals surface area contributed by atoms with Gasteiger partial charge in [-0.2, -0.15) is 0 Å². The third-order valence-corrected chi connectivity index (χ3v) is 2.54. The van der Waals surface area contributed by atoms with Gasteiger partial charge >= 0.3 is 0 Å². The molecule has 0 atom stereocenters. The summed E-state index contributed by atoms with van der Waals surface area (Å²) in [7, 11) is 0. The van der Waals surface area contributed by atoms with Crippen LogP contribution in [0, 0.1) is 0 Å². The van der Waals surface area contributed by atoms with Gasteiger partial charge in [-0.05, 0) is 25.1 Å². The van der Waals surface area contributed by atoms with Crippen molar-refractivity contribution in [3.8, 4) is 5.75 Å². The van der Waals surface area contributed by atoms with Gasteiger partial charge < -0.3 is 20.3 Å². The van der Waals surface area contributed by atoms with Crippen molar-refractivity contribution in [2.75, 3.05) is 19.8 Å². The van der Waals surface area contributed by atoms with Crippen LogP contribution in [0.5, 0.6) is 5.75 Å². The molecule has 1 aromatic rings. The highest BCUT2D eigenvalue weighted by molar-refractivity contribution is 6.30. The lowest BCUT2D eigenvalue weighted by molar-refractivity contribution is -0.126. The minimum atomic E-state index is -1.05. The third kappa shape index (κ3) is 4.52. The number of carbonyl (C=O) groups is 1. The quantitative estimate of drug-likeness (QED) is 0.708. The number of benzene rings is 1. The number of halogens is 1. The second-order valence-corrected chi connectivity index (χ2v) is 4.61. The molecule has 18 heavy (non-hydrogen) atoms. The highest BCUT2D eigenvalue weighted by atomic mass is 35.5. The normalized spacial score (nSPS) is 11.1. The van der Waals surface area contributed by atoms with Crippen molar-refractivity contribution >= 4 is 17.5 Å². The number of amides is 1. The Kier molecular flexibility index (Phi) is 5.40. The first-order valence-corrected chi connectivity index (χ1v) is 5.78. The fourth-order valence-corrected chi connectivity index (χ4v) is 1.39. The Bertz CT molecular complexity index is 407. The highest BCUT2D eigenvalue weighted by Crippen LogP contribution is 2.16. The predicted molar refractivity (Wildman–Crippen MR) is 67.7 cm³/mol. The molecule has 0 unspecified atom stereocenters. The summed E-state index contributed by atoms with van der Waals surface area (Å²) >= 11 is 5.76. The summed E-state index contributed by atoms with van der Waals surface area (Å²) in [4.78, 5) is 11.5. The van der Waals surface area contributed by atoms with E-state index in [1.165, 1.54) is 6.92 Å². The molecule has 1 amide bonds. The Morgan fingerprint density at radius 2 is 2.11 bits per heavy atom. The van der Waals surface area contributed by atoms with Crippen molar-refractivity contribution < 1.29 is 19.7 Å². The molecule has 0 heterocycles. The fraction of sp³-hybridized carbons (Fsp3) is 0.417. The Morgan fingerprint density at radius 3 is 2.67 bits per heavy atom. The summed E-state index contributed by atoms with van der Waals surface area (Å²) in [6, 6.07) is 6.67. The lowest BCUT2D eigenvalue weighted by Crippen LogP contribution is -2.53. The molecule has 0 fully saturated rings. The van der Waals surface area contributed by atoms with Crippen molar-refractivity contribution in [3.63, 3.8) is 0 Å². The van der Waals surface area contributed by atoms with Crippen LogP contribution >= 0.6 is 11.6 Å². The first kappa shape index (κ1) is 14.8. The molecule has 5 nitrogen and oxygen atoms in total. The summed E-state index contributed by atoms with van der Waals surface area (Å²) in [6.07, 6.45) is 0. The van der Waals surface area contributed by atoms with E-state index in [2.05, 4.69) is 5.32 Å². The number of aliphatic hydroxyl groups is 2. The van der Waals surface area contributed by atoms with E-state index in [-0.39, 0.29) is 19.8 Å². The first-order valence-electron chi connectivity index (χ1n) is 5.40. The Hall–Kier alpha value is -1.30. The lowest BCUT2D eigenvalue weighted by Gasteiger charge is -2.26. The molecule has 0 aromatic heterocycles. The average molecular weight is 274 g/mol. The second-order valence-electron chi connectivity index (χ2n) is 4.17. The second kappa shape index (κ2) is 6.58. The standard InChI is InChI=1S/C12H16ClNO4/c1-12(7-15,8-16)14-11(17)6-18-10-4-2-3-9(13)5-10/h2-5,15-16H,6-8H2,1H3,(H,14,17). The maximum Gasteiger partial charge on any atom is 0.258 e. The van der Waals surface area contributed by atoms with Gasteiger partial charge in [0, 0.05) is 5.02 Å². The lowest BCUT2D eigenvalue weighted by atomic mass is 10.1. The van der Waals surface area contributed by atoms with Crippen LogP contribution in [0.15, 0.2) is 24.3 Å². The number of hydrogen-bond donors (Lipinski definition) is 3. The molecular weight excluding hydrogens is 258 g/mol. The minimum Gasteiger partial charge on any atom is -0.484 e. The van der Waals surface area contributed by atoms with Gasteiger partial charge in [0.25, 0.3) is 5.91 Å². The van der Waals surface area contributed by atoms with Gasteiger partial charge in [0.1, 0.15) is 5.75 Å². The van der Waals surface area contributed by atoms with Gasteiger partial charge in [0.2, 0.25) is 0 Å². The van der Waals surface area contributed by atoms with E-state index in [1.807, 2.05) is 0 Å². The summed E-state index contributed by atoms with van der Waals surface area (Å²) in [5, 5.41) is 21.0. The van der Waals surface area contributed by atoms with Crippen LogP contribution in [-0.4, -0.2) is 41.5 Å². The Labute approximate surface area is 110 Å². The molecule has 0 spiro atoms. The Balaban J connectivity index is 2.47. The number of hydrogen-bond acceptors (Lipinski definition) is 4. The number of carbonyl (C=O) groups excluding carboxylic acids is 1. The van der Waals surface area contributed by atoms with Crippen molar-refractivity contribution in [2.24, 2.45) is 0 Å². The molecule has 0 bridgehead atoms. The molecule has 0 saturated heterocycles. The van der Waals surface area contributed by atoms with E-state index in [4.69, 9.17) is 26.6 Å². The zero-order chi connectivity index (χ0) is 13.6. The molecule has 1 aromatic carbocycles. The van der Waals surface area contributed by atoms with E-state index in [0.29, 0.717) is 10.8 Å². The van der Waals surface area contributed by atoms with Crippen LogP contribution in [0.1, 0.15) is 6.92 Å². The molecule has 3 N–H and O–H groups in total. The van der Waals surface area contributed by atoms with E-state index < -0.39 is 11.4 Å². The maximum atomic E-state index is 11.5. The van der Waals surface area contributed by atoms with Crippen LogP contribution in [-0.2, 0) is 4.79 Å². The molecule has 1 rings (SSSR count). The number of aliphatic hydroxyl groups excluding tert-OH is 2. The molecule has 0 aliphatic carbocycles. The molecule has 100 valence electrons. The number of nitrogens with one attached hydrogen (secondary N) is 1. The van der Waals surface area contributed by atoms with Crippen LogP contribution in [0.2, 0.25) is 5.02 Å². The van der Waals surface area contributed by atoms with Crippen LogP contribution in [0.25, 0.3) is 0 Å². The third-order valence-electron chi connectivity index (χ3n) is 2.31. The summed E-state index contributed by atoms with van der Waals surface area (Å²) < 4.78 is 5.22. The summed E-state index contributed by atoms with van der Waals surface area (Å²) in [5.74, 6) is 0.0490. The molecule has 0 saturated carbocycles. The van der Waals surface area contributed by atoms with E-state index in [1.54, 1.807) is 24.3 Å². The monoisotopic (exact) mass is 273 g/mol. The van der Waals surface area contributed by atoms with Crippen molar-refractivity contribution in [1.29, 1.82) is 0 Å². The smallest absolute Gasteiger partial charge is 0.258 e. The maximum absolute atomic E-state index is 11.5. The van der Waals surface area contributed by atoms with E-state index in [9.17, 15) is 4.79 Å². The summed E-state index contributed by atoms with van der Waals surface area (Å²) in [5.41, 5.74) is -1.05. The zero-order valence-corrected chi connectivity index (χ0v) is 10.8. The van der Waals surface area contributed by atoms with Crippen molar-refractivity contribution in [3.05, 3.63) is 29.3 Å². The van der Waals surface area contributed by atoms with Gasteiger partial charge in [-0.1, -0.05) is 17.7 Å². The van der Waals surface area contributed by atoms with E-state index in [0.717, 1.165) is 0 Å². The molecule has 0 radical (unpaired) electrons. The highest BCUT2D eigenvalue weighted by Gasteiger charge is 2.24. The van der Waals surface area contributed by atoms with Gasteiger partial charge in [-0.25, -0.2) is 0 Å². The van der Waals surface area contributed by atoms with Gasteiger partial charge in [0.15, 0.2) is 6.61 Å². The fourth-order valence-electron chi connectivity index (χ4n) is 1.21. The van der Waals surface area contributed by atoms with Crippen molar-refractivity contribution in [2.45, 2.75) is 12.5 Å². The minimum absolute atomic E-state index is 0.212. The molecule has 6 heteroatoms. The number of rotatable bonds is 6. The van der Waals surface area contributed by atoms with Crippen LogP contribution < -0.4 is 10.1 Å². The SMILES string of the molecule is CC(CO)(CO)NC(=O)COc1cccc(Cl)c1. The van der Waals surface area contributed by atoms with Crippen LogP contribution in [0.3, 0.4) is 0 Å². The van der Waals surface area contributed by atoms with E-state index >= 15 is 0 Å². The molecular formula is C12H16ClNO4. The average Bonchev–Trinajstić information content (AvgIpc) is 2.36. The Morgan fingerprint density at radius 1 is 1.44 bits per heavy atom. The largest absolute Gasteiger partial charge is 0.484 e. The molecule has 0 aliphatic rings. The van der Waals surface area contributed by atoms with Gasteiger partial charge in [-0.3, -0.25) is 4.79 Å². The van der Waals surface area contributed by atoms with Crippen molar-refractivity contribution in [1.82, 2.24) is 5.32 Å². The van der Waals surface area contributed by atoms with Crippen LogP contribution in [0.4, 0.5) is 0 Å².